The summed E-state index contributed by atoms with van der Waals surface area (Å²) in [6.45, 7) is 0.412. The van der Waals surface area contributed by atoms with Gasteiger partial charge in [-0.3, -0.25) is 0 Å². The van der Waals surface area contributed by atoms with Gasteiger partial charge in [0.2, 0.25) is 0 Å². The van der Waals surface area contributed by atoms with Crippen molar-refractivity contribution in [3.8, 4) is 11.4 Å². The Hall–Kier alpha value is -3.28. The number of ether oxygens (including phenoxy) is 1. The third-order valence-electron chi connectivity index (χ3n) is 3.44. The maximum atomic E-state index is 5.89. The molecule has 6 nitrogen and oxygen atoms in total. The number of rotatable bonds is 5. The summed E-state index contributed by atoms with van der Waals surface area (Å²) in [6, 6.07) is 19.3. The fraction of sp³-hybridized carbons (Fsp3) is 0.111. The van der Waals surface area contributed by atoms with Crippen molar-refractivity contribution in [2.45, 2.75) is 6.54 Å². The highest BCUT2D eigenvalue weighted by Crippen LogP contribution is 2.14. The molecular weight excluding hydrogens is 302 g/mol. The zero-order chi connectivity index (χ0) is 16.8. The molecule has 1 heterocycles. The fourth-order valence-electron chi connectivity index (χ4n) is 2.20. The maximum Gasteiger partial charge on any atom is 0.193 e. The molecule has 0 amide bonds. The van der Waals surface area contributed by atoms with Crippen LogP contribution in [0.4, 0.5) is 5.69 Å². The summed E-state index contributed by atoms with van der Waals surface area (Å²) < 4.78 is 6.95. The molecule has 0 aliphatic rings. The molecule has 3 rings (SSSR count). The van der Waals surface area contributed by atoms with E-state index in [2.05, 4.69) is 15.4 Å². The molecule has 0 aliphatic carbocycles. The summed E-state index contributed by atoms with van der Waals surface area (Å²) in [5.74, 6) is 1.18. The molecule has 0 saturated heterocycles. The van der Waals surface area contributed by atoms with Crippen LogP contribution >= 0.6 is 0 Å². The summed E-state index contributed by atoms with van der Waals surface area (Å²) in [6.07, 6.45) is 1.90. The van der Waals surface area contributed by atoms with E-state index in [0.717, 1.165) is 22.8 Å². The van der Waals surface area contributed by atoms with E-state index in [1.54, 1.807) is 11.8 Å². The Morgan fingerprint density at radius 3 is 2.58 bits per heavy atom. The van der Waals surface area contributed by atoms with Gasteiger partial charge in [0.15, 0.2) is 5.96 Å². The van der Waals surface area contributed by atoms with Crippen LogP contribution < -0.4 is 15.8 Å². The number of nitrogens with one attached hydrogen (secondary N) is 1. The predicted molar refractivity (Wildman–Crippen MR) is 95.5 cm³/mol. The third kappa shape index (κ3) is 3.92. The highest BCUT2D eigenvalue weighted by molar-refractivity contribution is 5.92. The van der Waals surface area contributed by atoms with E-state index in [-0.39, 0.29) is 0 Å². The first kappa shape index (κ1) is 15.6. The lowest BCUT2D eigenvalue weighted by molar-refractivity contribution is 0.414. The molecule has 122 valence electrons. The lowest BCUT2D eigenvalue weighted by Crippen LogP contribution is -2.22. The van der Waals surface area contributed by atoms with Gasteiger partial charge in [0.05, 0.1) is 25.0 Å². The number of hydrogen-bond donors (Lipinski definition) is 2. The van der Waals surface area contributed by atoms with Gasteiger partial charge in [-0.2, -0.15) is 5.10 Å². The van der Waals surface area contributed by atoms with Crippen LogP contribution in [0.5, 0.6) is 5.75 Å². The van der Waals surface area contributed by atoms with Gasteiger partial charge in [0, 0.05) is 11.9 Å². The monoisotopic (exact) mass is 321 g/mol. The molecule has 0 radical (unpaired) electrons. The van der Waals surface area contributed by atoms with Crippen molar-refractivity contribution in [1.82, 2.24) is 9.78 Å². The van der Waals surface area contributed by atoms with Gasteiger partial charge >= 0.3 is 0 Å². The summed E-state index contributed by atoms with van der Waals surface area (Å²) in [7, 11) is 1.65. The number of nitrogens with zero attached hydrogens (tertiary/aromatic N) is 3. The van der Waals surface area contributed by atoms with E-state index < -0.39 is 0 Å². The third-order valence-corrected chi connectivity index (χ3v) is 3.44. The summed E-state index contributed by atoms with van der Waals surface area (Å²) >= 11 is 0. The van der Waals surface area contributed by atoms with Crippen LogP contribution in [0, 0.1) is 0 Å². The number of para-hydroxylation sites is 1. The number of guanidine groups is 1. The van der Waals surface area contributed by atoms with Crippen LogP contribution in [0.15, 0.2) is 71.9 Å². The SMILES string of the molecule is COc1ccc(-n2ccc(CN=C(N)Nc3ccccc3)n2)cc1. The van der Waals surface area contributed by atoms with Crippen LogP contribution in [0.3, 0.4) is 0 Å². The first-order valence-corrected chi connectivity index (χ1v) is 7.55. The molecule has 3 aromatic rings. The molecule has 0 atom stereocenters. The van der Waals surface area contributed by atoms with E-state index in [4.69, 9.17) is 10.5 Å². The van der Waals surface area contributed by atoms with E-state index in [1.807, 2.05) is 66.9 Å². The van der Waals surface area contributed by atoms with Crippen molar-refractivity contribution in [1.29, 1.82) is 0 Å². The van der Waals surface area contributed by atoms with Gasteiger partial charge in [-0.05, 0) is 42.5 Å². The maximum absolute atomic E-state index is 5.89. The Balaban J connectivity index is 1.64. The van der Waals surface area contributed by atoms with Crippen molar-refractivity contribution < 1.29 is 4.74 Å². The van der Waals surface area contributed by atoms with Crippen molar-refractivity contribution in [3.63, 3.8) is 0 Å². The van der Waals surface area contributed by atoms with Crippen molar-refractivity contribution in [2.75, 3.05) is 12.4 Å². The minimum Gasteiger partial charge on any atom is -0.497 e. The van der Waals surface area contributed by atoms with E-state index in [0.29, 0.717) is 12.5 Å². The van der Waals surface area contributed by atoms with Gasteiger partial charge in [-0.25, -0.2) is 9.67 Å². The van der Waals surface area contributed by atoms with Gasteiger partial charge in [0.1, 0.15) is 5.75 Å². The molecule has 6 heteroatoms. The molecular formula is C18H19N5O. The van der Waals surface area contributed by atoms with Crippen LogP contribution in [0.2, 0.25) is 0 Å². The zero-order valence-corrected chi connectivity index (χ0v) is 13.4. The summed E-state index contributed by atoms with van der Waals surface area (Å²) in [5.41, 5.74) is 8.60. The Bertz CT molecular complexity index is 809. The summed E-state index contributed by atoms with van der Waals surface area (Å²) in [4.78, 5) is 4.31. The number of benzene rings is 2. The quantitative estimate of drug-likeness (QED) is 0.559. The first-order chi connectivity index (χ1) is 11.7. The molecule has 3 N–H and O–H groups in total. The number of aromatic nitrogens is 2. The van der Waals surface area contributed by atoms with E-state index in [9.17, 15) is 0 Å². The average Bonchev–Trinajstić information content (AvgIpc) is 3.10. The molecule has 24 heavy (non-hydrogen) atoms. The topological polar surface area (TPSA) is 77.5 Å². The number of nitrogens with two attached hydrogens (primary N) is 1. The minimum absolute atomic E-state index is 0.361. The van der Waals surface area contributed by atoms with Crippen LogP contribution in [0.25, 0.3) is 5.69 Å². The molecule has 1 aromatic heterocycles. The van der Waals surface area contributed by atoms with Crippen LogP contribution in [-0.4, -0.2) is 22.8 Å². The second-order valence-corrected chi connectivity index (χ2v) is 5.14. The number of anilines is 1. The average molecular weight is 321 g/mol. The molecule has 0 unspecified atom stereocenters. The van der Waals surface area contributed by atoms with Gasteiger partial charge in [0.25, 0.3) is 0 Å². The van der Waals surface area contributed by atoms with Gasteiger partial charge in [-0.15, -0.1) is 0 Å². The fourth-order valence-corrected chi connectivity index (χ4v) is 2.20. The Morgan fingerprint density at radius 2 is 1.88 bits per heavy atom. The number of aliphatic imine (C=N–C) groups is 1. The molecule has 0 bridgehead atoms. The van der Waals surface area contributed by atoms with E-state index in [1.165, 1.54) is 0 Å². The van der Waals surface area contributed by atoms with Crippen molar-refractivity contribution >= 4 is 11.6 Å². The van der Waals surface area contributed by atoms with Crippen LogP contribution in [-0.2, 0) is 6.54 Å². The largest absolute Gasteiger partial charge is 0.497 e. The van der Waals surface area contributed by atoms with Crippen molar-refractivity contribution in [2.24, 2.45) is 10.7 Å². The lowest BCUT2D eigenvalue weighted by Gasteiger charge is -2.04. The highest BCUT2D eigenvalue weighted by atomic mass is 16.5. The molecule has 0 fully saturated rings. The molecule has 0 spiro atoms. The van der Waals surface area contributed by atoms with E-state index >= 15 is 0 Å². The minimum atomic E-state index is 0.361. The Labute approximate surface area is 140 Å². The van der Waals surface area contributed by atoms with Gasteiger partial charge in [-0.1, -0.05) is 18.2 Å². The standard InChI is InChI=1S/C18H19N5O/c1-24-17-9-7-16(8-10-17)23-12-11-15(22-23)13-20-18(19)21-14-5-3-2-4-6-14/h2-12H,13H2,1H3,(H3,19,20,21). The van der Waals surface area contributed by atoms with Gasteiger partial charge < -0.3 is 15.8 Å². The van der Waals surface area contributed by atoms with Crippen molar-refractivity contribution in [3.05, 3.63) is 72.6 Å². The highest BCUT2D eigenvalue weighted by Gasteiger charge is 2.02. The predicted octanol–water partition coefficient (Wildman–Crippen LogP) is 2.81. The summed E-state index contributed by atoms with van der Waals surface area (Å²) in [5, 5.41) is 7.54. The second-order valence-electron chi connectivity index (χ2n) is 5.14. The molecule has 2 aromatic carbocycles. The first-order valence-electron chi connectivity index (χ1n) is 7.55. The number of methoxy groups -OCH3 is 1. The molecule has 0 saturated carbocycles. The number of hydrogen-bond acceptors (Lipinski definition) is 3. The Morgan fingerprint density at radius 1 is 1.12 bits per heavy atom. The van der Waals surface area contributed by atoms with Crippen LogP contribution in [0.1, 0.15) is 5.69 Å². The Kier molecular flexibility index (Phi) is 4.76. The zero-order valence-electron chi connectivity index (χ0n) is 13.4. The normalized spacial score (nSPS) is 11.3. The second kappa shape index (κ2) is 7.32. The lowest BCUT2D eigenvalue weighted by atomic mass is 10.3. The molecule has 0 aliphatic heterocycles. The smallest absolute Gasteiger partial charge is 0.193 e.